The third kappa shape index (κ3) is 5.45. The number of amides is 1. The van der Waals surface area contributed by atoms with Crippen LogP contribution in [0.3, 0.4) is 0 Å². The highest BCUT2D eigenvalue weighted by Crippen LogP contribution is 2.24. The lowest BCUT2D eigenvalue weighted by atomic mass is 9.99. The average Bonchev–Trinajstić information content (AvgIpc) is 3.11. The molecule has 2 rings (SSSR count). The zero-order valence-electron chi connectivity index (χ0n) is 14.3. The van der Waals surface area contributed by atoms with Crippen LogP contribution >= 0.6 is 11.8 Å². The molecule has 0 saturated carbocycles. The van der Waals surface area contributed by atoms with E-state index < -0.39 is 10.0 Å². The van der Waals surface area contributed by atoms with E-state index in [2.05, 4.69) is 26.8 Å². The summed E-state index contributed by atoms with van der Waals surface area (Å²) < 4.78 is 25.7. The molecule has 1 fully saturated rings. The summed E-state index contributed by atoms with van der Waals surface area (Å²) in [6.07, 6.45) is 3.78. The number of thioether (sulfide) groups is 1. The third-order valence-corrected chi connectivity index (χ3v) is 5.55. The van der Waals surface area contributed by atoms with E-state index in [4.69, 9.17) is 0 Å². The van der Waals surface area contributed by atoms with Gasteiger partial charge in [0.25, 0.3) is 0 Å². The number of nitrogens with one attached hydrogen (secondary N) is 2. The molecule has 1 aromatic rings. The van der Waals surface area contributed by atoms with E-state index in [-0.39, 0.29) is 23.6 Å². The largest absolute Gasteiger partial charge is 0.340 e. The standard InChI is InChI=1S/C14H25N5O3S2/c1-4-6-10-7-19(8-11(10)18-24(3,21)22)13(20)9-23-14-15-12(5-2)16-17-14/h10-11,18H,4-9H2,1-3H3,(H,15,16,17)/t10-,11-/m1/s1. The number of hydrogen-bond donors (Lipinski definition) is 2. The van der Waals surface area contributed by atoms with E-state index >= 15 is 0 Å². The van der Waals surface area contributed by atoms with Gasteiger partial charge in [0.15, 0.2) is 0 Å². The van der Waals surface area contributed by atoms with Gasteiger partial charge in [0, 0.05) is 25.6 Å². The fraction of sp³-hybridized carbons (Fsp3) is 0.786. The van der Waals surface area contributed by atoms with Crippen LogP contribution in [0.5, 0.6) is 0 Å². The predicted molar refractivity (Wildman–Crippen MR) is 93.2 cm³/mol. The molecule has 0 bridgehead atoms. The minimum atomic E-state index is -3.28. The molecule has 10 heteroatoms. The first-order valence-electron chi connectivity index (χ1n) is 8.11. The Morgan fingerprint density at radius 2 is 2.17 bits per heavy atom. The highest BCUT2D eigenvalue weighted by molar-refractivity contribution is 7.99. The molecule has 0 unspecified atom stereocenters. The second-order valence-corrected chi connectivity index (χ2v) is 8.77. The molecule has 1 aliphatic heterocycles. The maximum Gasteiger partial charge on any atom is 0.233 e. The number of rotatable bonds is 8. The summed E-state index contributed by atoms with van der Waals surface area (Å²) in [5.41, 5.74) is 0. The molecule has 8 nitrogen and oxygen atoms in total. The lowest BCUT2D eigenvalue weighted by Crippen LogP contribution is -2.40. The van der Waals surface area contributed by atoms with Crippen LogP contribution in [0.25, 0.3) is 0 Å². The Labute approximate surface area is 147 Å². The number of sulfonamides is 1. The SMILES string of the molecule is CCC[C@@H]1CN(C(=O)CSc2n[nH]c(CC)n2)C[C@H]1NS(C)(=O)=O. The first-order chi connectivity index (χ1) is 11.3. The summed E-state index contributed by atoms with van der Waals surface area (Å²) in [6, 6.07) is -0.205. The van der Waals surface area contributed by atoms with Crippen molar-refractivity contribution in [1.82, 2.24) is 24.8 Å². The monoisotopic (exact) mass is 375 g/mol. The summed E-state index contributed by atoms with van der Waals surface area (Å²) in [5, 5.41) is 7.44. The molecule has 0 spiro atoms. The van der Waals surface area contributed by atoms with Gasteiger partial charge >= 0.3 is 0 Å². The number of hydrogen-bond acceptors (Lipinski definition) is 6. The number of carbonyl (C=O) groups excluding carboxylic acids is 1. The fourth-order valence-electron chi connectivity index (χ4n) is 2.86. The molecule has 24 heavy (non-hydrogen) atoms. The van der Waals surface area contributed by atoms with Crippen molar-refractivity contribution in [3.63, 3.8) is 0 Å². The molecule has 2 atom stereocenters. The highest BCUT2D eigenvalue weighted by atomic mass is 32.2. The Kier molecular flexibility index (Phi) is 6.64. The summed E-state index contributed by atoms with van der Waals surface area (Å²) >= 11 is 1.30. The average molecular weight is 376 g/mol. The van der Waals surface area contributed by atoms with Gasteiger partial charge in [-0.3, -0.25) is 9.89 Å². The van der Waals surface area contributed by atoms with Crippen molar-refractivity contribution in [2.24, 2.45) is 5.92 Å². The van der Waals surface area contributed by atoms with Crippen molar-refractivity contribution in [2.75, 3.05) is 25.1 Å². The minimum Gasteiger partial charge on any atom is -0.340 e. The van der Waals surface area contributed by atoms with E-state index in [0.29, 0.717) is 18.2 Å². The molecule has 2 N–H and O–H groups in total. The molecular weight excluding hydrogens is 350 g/mol. The molecule has 1 amide bonds. The normalized spacial score (nSPS) is 21.4. The second kappa shape index (κ2) is 8.30. The summed E-state index contributed by atoms with van der Waals surface area (Å²) in [7, 11) is -3.28. The topological polar surface area (TPSA) is 108 Å². The van der Waals surface area contributed by atoms with Crippen molar-refractivity contribution < 1.29 is 13.2 Å². The summed E-state index contributed by atoms with van der Waals surface area (Å²) in [5.74, 6) is 1.20. The minimum absolute atomic E-state index is 0.0123. The van der Waals surface area contributed by atoms with Gasteiger partial charge in [0.1, 0.15) is 5.82 Å². The molecule has 136 valence electrons. The van der Waals surface area contributed by atoms with E-state index in [0.717, 1.165) is 31.3 Å². The van der Waals surface area contributed by atoms with E-state index in [1.807, 2.05) is 6.92 Å². The fourth-order valence-corrected chi connectivity index (χ4v) is 4.40. The molecule has 1 aliphatic rings. The molecule has 2 heterocycles. The van der Waals surface area contributed by atoms with Crippen molar-refractivity contribution in [3.05, 3.63) is 5.82 Å². The van der Waals surface area contributed by atoms with Crippen molar-refractivity contribution >= 4 is 27.7 Å². The van der Waals surface area contributed by atoms with E-state index in [9.17, 15) is 13.2 Å². The first-order valence-corrected chi connectivity index (χ1v) is 11.0. The van der Waals surface area contributed by atoms with Crippen molar-refractivity contribution in [3.8, 4) is 0 Å². The Hall–Kier alpha value is -1.13. The Bertz CT molecular complexity index is 661. The number of aromatic nitrogens is 3. The molecule has 0 aromatic carbocycles. The van der Waals surface area contributed by atoms with Crippen molar-refractivity contribution in [2.45, 2.75) is 44.3 Å². The zero-order valence-corrected chi connectivity index (χ0v) is 15.9. The molecular formula is C14H25N5O3S2. The van der Waals surface area contributed by atoms with Crippen LogP contribution in [0.2, 0.25) is 0 Å². The number of aryl methyl sites for hydroxylation is 1. The van der Waals surface area contributed by atoms with Crippen LogP contribution in [0.15, 0.2) is 5.16 Å². The Morgan fingerprint density at radius 1 is 1.42 bits per heavy atom. The van der Waals surface area contributed by atoms with Gasteiger partial charge in [-0.05, 0) is 12.3 Å². The zero-order chi connectivity index (χ0) is 17.7. The Morgan fingerprint density at radius 3 is 2.75 bits per heavy atom. The Balaban J connectivity index is 1.91. The van der Waals surface area contributed by atoms with Gasteiger partial charge in [-0.2, -0.15) is 0 Å². The van der Waals surface area contributed by atoms with Crippen LogP contribution in [-0.2, 0) is 21.2 Å². The molecule has 1 saturated heterocycles. The lowest BCUT2D eigenvalue weighted by Gasteiger charge is -2.17. The smallest absolute Gasteiger partial charge is 0.233 e. The predicted octanol–water partition coefficient (Wildman–Crippen LogP) is 0.636. The molecule has 0 radical (unpaired) electrons. The van der Waals surface area contributed by atoms with Crippen molar-refractivity contribution in [1.29, 1.82) is 0 Å². The first kappa shape index (κ1) is 19.2. The van der Waals surface area contributed by atoms with Crippen LogP contribution < -0.4 is 4.72 Å². The van der Waals surface area contributed by atoms with E-state index in [1.165, 1.54) is 11.8 Å². The van der Waals surface area contributed by atoms with Gasteiger partial charge in [-0.1, -0.05) is 32.0 Å². The van der Waals surface area contributed by atoms with E-state index in [1.54, 1.807) is 4.90 Å². The summed E-state index contributed by atoms with van der Waals surface area (Å²) in [6.45, 7) is 5.06. The van der Waals surface area contributed by atoms with Crippen LogP contribution in [0, 0.1) is 5.92 Å². The third-order valence-electron chi connectivity index (χ3n) is 3.99. The van der Waals surface area contributed by atoms with Gasteiger partial charge in [-0.15, -0.1) is 5.10 Å². The van der Waals surface area contributed by atoms with Gasteiger partial charge in [-0.25, -0.2) is 18.1 Å². The molecule has 1 aromatic heterocycles. The number of H-pyrrole nitrogens is 1. The molecule has 0 aliphatic carbocycles. The van der Waals surface area contributed by atoms with Gasteiger partial charge in [0.05, 0.1) is 12.0 Å². The summed E-state index contributed by atoms with van der Waals surface area (Å²) in [4.78, 5) is 18.4. The number of carbonyl (C=O) groups is 1. The lowest BCUT2D eigenvalue weighted by molar-refractivity contribution is -0.127. The maximum atomic E-state index is 12.4. The number of aromatic amines is 1. The van der Waals surface area contributed by atoms with Crippen LogP contribution in [0.1, 0.15) is 32.5 Å². The van der Waals surface area contributed by atoms with Gasteiger partial charge in [0.2, 0.25) is 21.1 Å². The maximum absolute atomic E-state index is 12.4. The van der Waals surface area contributed by atoms with Gasteiger partial charge < -0.3 is 4.90 Å². The number of nitrogens with zero attached hydrogens (tertiary/aromatic N) is 3. The highest BCUT2D eigenvalue weighted by Gasteiger charge is 2.36. The van der Waals surface area contributed by atoms with Crippen LogP contribution in [-0.4, -0.2) is 65.5 Å². The van der Waals surface area contributed by atoms with Crippen LogP contribution in [0.4, 0.5) is 0 Å². The quantitative estimate of drug-likeness (QED) is 0.646. The second-order valence-electron chi connectivity index (χ2n) is 6.05. The number of likely N-dealkylation sites (tertiary alicyclic amines) is 1.